The van der Waals surface area contributed by atoms with E-state index in [2.05, 4.69) is 41.1 Å². The molecule has 0 spiro atoms. The minimum absolute atomic E-state index is 0.374. The molecule has 4 rings (SSSR count). The predicted molar refractivity (Wildman–Crippen MR) is 131 cm³/mol. The van der Waals surface area contributed by atoms with Crippen LogP contribution < -0.4 is 11.2 Å². The van der Waals surface area contributed by atoms with E-state index in [1.54, 1.807) is 4.57 Å². The molecule has 0 aliphatic rings. The van der Waals surface area contributed by atoms with E-state index in [4.69, 9.17) is 4.98 Å². The lowest BCUT2D eigenvalue weighted by molar-refractivity contribution is 0.238. The number of imidazole rings is 1. The largest absolute Gasteiger partial charge is 0.330 e. The van der Waals surface area contributed by atoms with Crippen molar-refractivity contribution < 1.29 is 0 Å². The molecule has 0 amide bonds. The van der Waals surface area contributed by atoms with Gasteiger partial charge in [-0.1, -0.05) is 74.0 Å². The van der Waals surface area contributed by atoms with Crippen LogP contribution >= 0.6 is 0 Å². The number of H-pyrrole nitrogens is 1. The highest BCUT2D eigenvalue weighted by Crippen LogP contribution is 2.17. The van der Waals surface area contributed by atoms with Gasteiger partial charge in [0.2, 0.25) is 0 Å². The van der Waals surface area contributed by atoms with Crippen LogP contribution in [0.3, 0.4) is 0 Å². The van der Waals surface area contributed by atoms with Crippen LogP contribution in [0.2, 0.25) is 0 Å². The van der Waals surface area contributed by atoms with E-state index >= 15 is 0 Å². The number of unbranched alkanes of at least 4 members (excludes halogenated alkanes) is 1. The Morgan fingerprint density at radius 1 is 0.848 bits per heavy atom. The van der Waals surface area contributed by atoms with Crippen molar-refractivity contribution in [1.82, 2.24) is 24.0 Å². The Morgan fingerprint density at radius 2 is 1.45 bits per heavy atom. The van der Waals surface area contributed by atoms with Gasteiger partial charge >= 0.3 is 5.69 Å². The molecule has 1 N–H and O–H groups in total. The van der Waals surface area contributed by atoms with Crippen LogP contribution in [0, 0.1) is 0 Å². The highest BCUT2D eigenvalue weighted by molar-refractivity contribution is 5.71. The molecule has 2 aromatic carbocycles. The van der Waals surface area contributed by atoms with Crippen molar-refractivity contribution in [3.8, 4) is 0 Å². The molecule has 7 heteroatoms. The summed E-state index contributed by atoms with van der Waals surface area (Å²) in [6.45, 7) is 7.29. The standard InChI is InChI=1S/C26H31N5O2/c1-3-5-16-31-24-23(25(32)28-26(31)33)30(4-2)22(27-24)19-29(17-20-12-8-6-9-13-20)18-21-14-10-7-11-15-21/h6-15H,3-5,16-19H2,1-2H3,(H,28,32,33). The third-order valence-corrected chi connectivity index (χ3v) is 5.88. The maximum atomic E-state index is 12.7. The molecular weight excluding hydrogens is 414 g/mol. The molecule has 0 radical (unpaired) electrons. The molecule has 7 nitrogen and oxygen atoms in total. The molecular formula is C26H31N5O2. The molecule has 0 fully saturated rings. The second kappa shape index (κ2) is 10.4. The lowest BCUT2D eigenvalue weighted by Crippen LogP contribution is -2.31. The highest BCUT2D eigenvalue weighted by atomic mass is 16.2. The number of hydrogen-bond donors (Lipinski definition) is 1. The smallest absolute Gasteiger partial charge is 0.321 e. The molecule has 0 saturated heterocycles. The second-order valence-corrected chi connectivity index (χ2v) is 8.33. The van der Waals surface area contributed by atoms with Crippen molar-refractivity contribution >= 4 is 11.2 Å². The van der Waals surface area contributed by atoms with Crippen LogP contribution in [0.4, 0.5) is 0 Å². The summed E-state index contributed by atoms with van der Waals surface area (Å²) in [4.78, 5) is 34.9. The average molecular weight is 446 g/mol. The van der Waals surface area contributed by atoms with Crippen LogP contribution in [-0.4, -0.2) is 24.0 Å². The number of aromatic amines is 1. The summed E-state index contributed by atoms with van der Waals surface area (Å²) >= 11 is 0. The van der Waals surface area contributed by atoms with Crippen molar-refractivity contribution in [2.45, 2.75) is 59.4 Å². The van der Waals surface area contributed by atoms with Crippen LogP contribution in [0.25, 0.3) is 11.2 Å². The Hall–Kier alpha value is -3.45. The van der Waals surface area contributed by atoms with Crippen molar-refractivity contribution in [1.29, 1.82) is 0 Å². The van der Waals surface area contributed by atoms with Crippen LogP contribution in [-0.2, 0) is 32.7 Å². The van der Waals surface area contributed by atoms with Crippen LogP contribution in [0.15, 0.2) is 70.3 Å². The molecule has 33 heavy (non-hydrogen) atoms. The maximum absolute atomic E-state index is 12.7. The van der Waals surface area contributed by atoms with Crippen molar-refractivity contribution in [3.05, 3.63) is 98.5 Å². The predicted octanol–water partition coefficient (Wildman–Crippen LogP) is 3.91. The van der Waals surface area contributed by atoms with Gasteiger partial charge in [-0.15, -0.1) is 0 Å². The fraction of sp³-hybridized carbons (Fsp3) is 0.346. The molecule has 0 aliphatic carbocycles. The number of nitrogens with zero attached hydrogens (tertiary/aromatic N) is 4. The molecule has 0 saturated carbocycles. The maximum Gasteiger partial charge on any atom is 0.330 e. The number of hydrogen-bond acceptors (Lipinski definition) is 4. The van der Waals surface area contributed by atoms with E-state index in [9.17, 15) is 9.59 Å². The third kappa shape index (κ3) is 5.14. The van der Waals surface area contributed by atoms with E-state index in [1.165, 1.54) is 11.1 Å². The lowest BCUT2D eigenvalue weighted by atomic mass is 10.1. The molecule has 4 aromatic rings. The van der Waals surface area contributed by atoms with Crippen molar-refractivity contribution in [2.75, 3.05) is 0 Å². The first-order valence-electron chi connectivity index (χ1n) is 11.6. The summed E-state index contributed by atoms with van der Waals surface area (Å²) in [7, 11) is 0. The molecule has 0 unspecified atom stereocenters. The molecule has 172 valence electrons. The number of rotatable bonds is 10. The lowest BCUT2D eigenvalue weighted by Gasteiger charge is -2.22. The summed E-state index contributed by atoms with van der Waals surface area (Å²) in [5.41, 5.74) is 2.62. The van der Waals surface area contributed by atoms with Gasteiger partial charge in [-0.3, -0.25) is 19.2 Å². The van der Waals surface area contributed by atoms with Gasteiger partial charge in [0, 0.05) is 26.2 Å². The van der Waals surface area contributed by atoms with Crippen LogP contribution in [0.1, 0.15) is 43.6 Å². The van der Waals surface area contributed by atoms with E-state index in [-0.39, 0.29) is 5.56 Å². The molecule has 2 heterocycles. The Balaban J connectivity index is 1.75. The van der Waals surface area contributed by atoms with Gasteiger partial charge in [0.25, 0.3) is 5.56 Å². The summed E-state index contributed by atoms with van der Waals surface area (Å²) in [5, 5.41) is 0. The zero-order valence-corrected chi connectivity index (χ0v) is 19.3. The Bertz CT molecular complexity index is 1260. The first-order chi connectivity index (χ1) is 16.1. The molecule has 0 bridgehead atoms. The first-order valence-corrected chi connectivity index (χ1v) is 11.6. The molecule has 0 atom stereocenters. The van der Waals surface area contributed by atoms with E-state index in [1.807, 2.05) is 47.9 Å². The third-order valence-electron chi connectivity index (χ3n) is 5.88. The normalized spacial score (nSPS) is 11.5. The van der Waals surface area contributed by atoms with Gasteiger partial charge < -0.3 is 4.57 Å². The quantitative estimate of drug-likeness (QED) is 0.402. The monoisotopic (exact) mass is 445 g/mol. The number of nitrogens with one attached hydrogen (secondary N) is 1. The Labute approximate surface area is 193 Å². The topological polar surface area (TPSA) is 75.9 Å². The number of aryl methyl sites for hydroxylation is 2. The van der Waals surface area contributed by atoms with Crippen LogP contribution in [0.5, 0.6) is 0 Å². The molecule has 0 aliphatic heterocycles. The Kier molecular flexibility index (Phi) is 7.19. The highest BCUT2D eigenvalue weighted by Gasteiger charge is 2.20. The van der Waals surface area contributed by atoms with Gasteiger partial charge in [-0.05, 0) is 24.5 Å². The molecule has 2 aromatic heterocycles. The second-order valence-electron chi connectivity index (χ2n) is 8.33. The average Bonchev–Trinajstić information content (AvgIpc) is 3.18. The summed E-state index contributed by atoms with van der Waals surface area (Å²) in [5.74, 6) is 0.792. The summed E-state index contributed by atoms with van der Waals surface area (Å²) in [6, 6.07) is 20.7. The fourth-order valence-corrected chi connectivity index (χ4v) is 4.25. The minimum atomic E-state index is -0.390. The van der Waals surface area contributed by atoms with Gasteiger partial charge in [-0.2, -0.15) is 0 Å². The minimum Gasteiger partial charge on any atom is -0.321 e. The van der Waals surface area contributed by atoms with E-state index in [0.717, 1.165) is 31.8 Å². The van der Waals surface area contributed by atoms with Crippen molar-refractivity contribution in [3.63, 3.8) is 0 Å². The number of fused-ring (bicyclic) bond motifs is 1. The van der Waals surface area contributed by atoms with Gasteiger partial charge in [0.05, 0.1) is 6.54 Å². The zero-order chi connectivity index (χ0) is 23.2. The fourth-order valence-electron chi connectivity index (χ4n) is 4.25. The summed E-state index contributed by atoms with van der Waals surface area (Å²) < 4.78 is 3.55. The zero-order valence-electron chi connectivity index (χ0n) is 19.3. The first kappa shape index (κ1) is 22.7. The number of benzene rings is 2. The van der Waals surface area contributed by atoms with Crippen molar-refractivity contribution in [2.24, 2.45) is 0 Å². The Morgan fingerprint density at radius 3 is 2.00 bits per heavy atom. The van der Waals surface area contributed by atoms with E-state index < -0.39 is 5.69 Å². The summed E-state index contributed by atoms with van der Waals surface area (Å²) in [6.07, 6.45) is 1.81. The van der Waals surface area contributed by atoms with Gasteiger partial charge in [0.1, 0.15) is 5.82 Å². The SMILES string of the molecule is CCCCn1c(=O)[nH]c(=O)c2c1nc(CN(Cc1ccccc1)Cc1ccccc1)n2CC. The van der Waals surface area contributed by atoms with Gasteiger partial charge in [-0.25, -0.2) is 9.78 Å². The van der Waals surface area contributed by atoms with E-state index in [0.29, 0.717) is 30.8 Å². The number of aromatic nitrogens is 4. The van der Waals surface area contributed by atoms with Gasteiger partial charge in [0.15, 0.2) is 11.2 Å².